The summed E-state index contributed by atoms with van der Waals surface area (Å²) < 4.78 is 16.9. The van der Waals surface area contributed by atoms with E-state index in [0.717, 1.165) is 49.0 Å². The maximum Gasteiger partial charge on any atom is 0.191 e. The molecule has 1 heterocycles. The van der Waals surface area contributed by atoms with Gasteiger partial charge in [-0.05, 0) is 37.5 Å². The lowest BCUT2D eigenvalue weighted by Crippen LogP contribution is -2.41. The van der Waals surface area contributed by atoms with Gasteiger partial charge in [-0.3, -0.25) is 4.99 Å². The molecule has 2 N–H and O–H groups in total. The largest absolute Gasteiger partial charge is 0.497 e. The molecule has 3 rings (SSSR count). The summed E-state index contributed by atoms with van der Waals surface area (Å²) in [4.78, 5) is 4.37. The molecule has 7 heteroatoms. The van der Waals surface area contributed by atoms with Gasteiger partial charge in [0.25, 0.3) is 0 Å². The third-order valence-electron chi connectivity index (χ3n) is 5.55. The molecular weight excluding hydrogens is 505 g/mol. The summed E-state index contributed by atoms with van der Waals surface area (Å²) in [5.41, 5.74) is 3.56. The highest BCUT2D eigenvalue weighted by Crippen LogP contribution is 2.33. The molecule has 1 saturated heterocycles. The minimum atomic E-state index is 0. The number of halogens is 1. The maximum atomic E-state index is 6.14. The van der Waals surface area contributed by atoms with Crippen molar-refractivity contribution in [1.29, 1.82) is 0 Å². The summed E-state index contributed by atoms with van der Waals surface area (Å²) >= 11 is 0. The van der Waals surface area contributed by atoms with Crippen LogP contribution in [0.2, 0.25) is 0 Å². The van der Waals surface area contributed by atoms with Gasteiger partial charge in [0.2, 0.25) is 0 Å². The summed E-state index contributed by atoms with van der Waals surface area (Å²) in [6.07, 6.45) is 2.34. The lowest BCUT2D eigenvalue weighted by Gasteiger charge is -2.32. The van der Waals surface area contributed by atoms with Crippen molar-refractivity contribution in [2.24, 2.45) is 10.9 Å². The van der Waals surface area contributed by atoms with E-state index in [4.69, 9.17) is 14.2 Å². The fraction of sp³-hybridized carbons (Fsp3) is 0.458. The van der Waals surface area contributed by atoms with Crippen LogP contribution in [0.1, 0.15) is 35.6 Å². The molecule has 2 atom stereocenters. The third-order valence-corrected chi connectivity index (χ3v) is 5.55. The summed E-state index contributed by atoms with van der Waals surface area (Å²) in [5, 5.41) is 6.85. The quantitative estimate of drug-likeness (QED) is 0.309. The average molecular weight is 539 g/mol. The number of nitrogens with one attached hydrogen (secondary N) is 2. The molecular formula is C24H34IN3O3. The molecule has 2 aromatic carbocycles. The van der Waals surface area contributed by atoms with E-state index in [9.17, 15) is 0 Å². The van der Waals surface area contributed by atoms with Crippen molar-refractivity contribution < 1.29 is 14.2 Å². The van der Waals surface area contributed by atoms with Crippen molar-refractivity contribution in [3.8, 4) is 11.5 Å². The van der Waals surface area contributed by atoms with Crippen LogP contribution in [0.25, 0.3) is 0 Å². The van der Waals surface area contributed by atoms with Gasteiger partial charge in [0.1, 0.15) is 11.5 Å². The predicted molar refractivity (Wildman–Crippen MR) is 136 cm³/mol. The van der Waals surface area contributed by atoms with E-state index in [1.165, 1.54) is 11.1 Å². The van der Waals surface area contributed by atoms with Crippen molar-refractivity contribution in [2.75, 3.05) is 34.4 Å². The molecule has 1 fully saturated rings. The van der Waals surface area contributed by atoms with Gasteiger partial charge < -0.3 is 24.8 Å². The van der Waals surface area contributed by atoms with Crippen LogP contribution in [-0.2, 0) is 11.3 Å². The molecule has 1 aliphatic rings. The molecule has 2 aromatic rings. The topological polar surface area (TPSA) is 64.1 Å². The second kappa shape index (κ2) is 12.8. The zero-order valence-electron chi connectivity index (χ0n) is 18.8. The summed E-state index contributed by atoms with van der Waals surface area (Å²) in [6.45, 7) is 4.34. The Hall–Kier alpha value is -2.00. The van der Waals surface area contributed by atoms with Crippen LogP contribution in [-0.4, -0.2) is 40.4 Å². The second-order valence-corrected chi connectivity index (χ2v) is 7.59. The van der Waals surface area contributed by atoms with Crippen LogP contribution in [0, 0.1) is 12.8 Å². The number of methoxy groups -OCH3 is 2. The van der Waals surface area contributed by atoms with Gasteiger partial charge in [0.15, 0.2) is 5.96 Å². The van der Waals surface area contributed by atoms with E-state index < -0.39 is 0 Å². The van der Waals surface area contributed by atoms with Gasteiger partial charge >= 0.3 is 0 Å². The fourth-order valence-electron chi connectivity index (χ4n) is 3.80. The first-order valence-corrected chi connectivity index (χ1v) is 10.5. The number of ether oxygens (including phenoxy) is 3. The molecule has 0 aromatic heterocycles. The van der Waals surface area contributed by atoms with Crippen LogP contribution in [0.4, 0.5) is 0 Å². The van der Waals surface area contributed by atoms with Crippen molar-refractivity contribution in [3.05, 3.63) is 59.2 Å². The first-order valence-electron chi connectivity index (χ1n) is 10.5. The summed E-state index contributed by atoms with van der Waals surface area (Å²) in [6, 6.07) is 14.5. The normalized spacial score (nSPS) is 18.6. The number of aliphatic imine (C=N–C) groups is 1. The van der Waals surface area contributed by atoms with E-state index in [2.05, 4.69) is 46.8 Å². The molecule has 0 amide bonds. The molecule has 31 heavy (non-hydrogen) atoms. The minimum absolute atomic E-state index is 0. The van der Waals surface area contributed by atoms with Gasteiger partial charge in [0.05, 0.1) is 20.3 Å². The second-order valence-electron chi connectivity index (χ2n) is 7.59. The first-order chi connectivity index (χ1) is 14.6. The number of rotatable bonds is 7. The maximum absolute atomic E-state index is 6.14. The summed E-state index contributed by atoms with van der Waals surface area (Å²) in [5.74, 6) is 2.73. The molecule has 170 valence electrons. The third kappa shape index (κ3) is 7.00. The molecule has 0 bridgehead atoms. The Morgan fingerprint density at radius 1 is 1.10 bits per heavy atom. The van der Waals surface area contributed by atoms with Crippen LogP contribution in [0.5, 0.6) is 11.5 Å². The Morgan fingerprint density at radius 3 is 2.55 bits per heavy atom. The average Bonchev–Trinajstić information content (AvgIpc) is 2.80. The van der Waals surface area contributed by atoms with Crippen molar-refractivity contribution in [1.82, 2.24) is 10.6 Å². The number of nitrogens with zero attached hydrogens (tertiary/aromatic N) is 1. The highest BCUT2D eigenvalue weighted by Gasteiger charge is 2.27. The molecule has 6 nitrogen and oxygen atoms in total. The van der Waals surface area contributed by atoms with E-state index in [-0.39, 0.29) is 30.1 Å². The van der Waals surface area contributed by atoms with E-state index in [0.29, 0.717) is 12.5 Å². The van der Waals surface area contributed by atoms with Crippen LogP contribution >= 0.6 is 24.0 Å². The molecule has 1 aliphatic heterocycles. The number of benzene rings is 2. The van der Waals surface area contributed by atoms with E-state index in [1.807, 2.05) is 18.2 Å². The zero-order valence-corrected chi connectivity index (χ0v) is 21.1. The Balaban J connectivity index is 0.00000341. The van der Waals surface area contributed by atoms with Gasteiger partial charge in [-0.1, -0.05) is 29.8 Å². The van der Waals surface area contributed by atoms with Gasteiger partial charge in [-0.15, -0.1) is 24.0 Å². The van der Waals surface area contributed by atoms with Crippen LogP contribution in [0.15, 0.2) is 47.5 Å². The minimum Gasteiger partial charge on any atom is -0.497 e. The van der Waals surface area contributed by atoms with Crippen molar-refractivity contribution in [2.45, 2.75) is 32.4 Å². The van der Waals surface area contributed by atoms with Crippen LogP contribution < -0.4 is 20.1 Å². The molecule has 0 radical (unpaired) electrons. The standard InChI is InChI=1S/C24H33N3O3.HI/c1-17-7-9-18(10-8-17)23-20(6-5-13-30-23)16-27-24(25-2)26-15-19-11-12-21(28-3)14-22(19)29-4;/h7-12,14,20,23H,5-6,13,15-16H2,1-4H3,(H2,25,26,27);1H. The van der Waals surface area contributed by atoms with Crippen LogP contribution in [0.3, 0.4) is 0 Å². The highest BCUT2D eigenvalue weighted by molar-refractivity contribution is 14.0. The Labute approximate surface area is 202 Å². The number of aryl methyl sites for hydroxylation is 1. The highest BCUT2D eigenvalue weighted by atomic mass is 127. The fourth-order valence-corrected chi connectivity index (χ4v) is 3.80. The Bertz CT molecular complexity index is 842. The van der Waals surface area contributed by atoms with Gasteiger partial charge in [0, 0.05) is 44.3 Å². The number of hydrogen-bond donors (Lipinski definition) is 2. The SMILES string of the molecule is CN=C(NCc1ccc(OC)cc1OC)NCC1CCCOC1c1ccc(C)cc1.I. The number of hydrogen-bond acceptors (Lipinski definition) is 4. The van der Waals surface area contributed by atoms with Gasteiger partial charge in [-0.25, -0.2) is 0 Å². The smallest absolute Gasteiger partial charge is 0.191 e. The molecule has 0 spiro atoms. The predicted octanol–water partition coefficient (Wildman–Crippen LogP) is 4.46. The molecule has 0 saturated carbocycles. The number of guanidine groups is 1. The zero-order chi connectivity index (χ0) is 21.3. The van der Waals surface area contributed by atoms with Crippen molar-refractivity contribution >= 4 is 29.9 Å². The first kappa shape index (κ1) is 25.3. The lowest BCUT2D eigenvalue weighted by atomic mass is 9.89. The van der Waals surface area contributed by atoms with E-state index in [1.54, 1.807) is 21.3 Å². The molecule has 0 aliphatic carbocycles. The Kier molecular flexibility index (Phi) is 10.4. The Morgan fingerprint density at radius 2 is 1.87 bits per heavy atom. The monoisotopic (exact) mass is 539 g/mol. The van der Waals surface area contributed by atoms with Crippen molar-refractivity contribution in [3.63, 3.8) is 0 Å². The summed E-state index contributed by atoms with van der Waals surface area (Å²) in [7, 11) is 5.10. The van der Waals surface area contributed by atoms with Gasteiger partial charge in [-0.2, -0.15) is 0 Å². The van der Waals surface area contributed by atoms with E-state index >= 15 is 0 Å². The lowest BCUT2D eigenvalue weighted by molar-refractivity contribution is -0.0265. The molecule has 2 unspecified atom stereocenters.